The van der Waals surface area contributed by atoms with Gasteiger partial charge in [-0.1, -0.05) is 12.1 Å². The summed E-state index contributed by atoms with van der Waals surface area (Å²) in [5.74, 6) is -1.09. The minimum Gasteiger partial charge on any atom is -0.480 e. The zero-order valence-electron chi connectivity index (χ0n) is 11.3. The van der Waals surface area contributed by atoms with Crippen molar-refractivity contribution in [1.82, 2.24) is 4.90 Å². The highest BCUT2D eigenvalue weighted by molar-refractivity contribution is 5.92. The highest BCUT2D eigenvalue weighted by atomic mass is 16.5. The number of carbonyl (C=O) groups is 2. The van der Waals surface area contributed by atoms with E-state index in [4.69, 9.17) is 15.1 Å². The van der Waals surface area contributed by atoms with Crippen LogP contribution in [0.15, 0.2) is 24.3 Å². The lowest BCUT2D eigenvalue weighted by atomic mass is 10.1. The van der Waals surface area contributed by atoms with E-state index in [1.165, 1.54) is 4.90 Å². The summed E-state index contributed by atoms with van der Waals surface area (Å²) in [5, 5.41) is 20.3. The number of anilines is 1. The Morgan fingerprint density at radius 2 is 2.14 bits per heavy atom. The summed E-state index contributed by atoms with van der Waals surface area (Å²) < 4.78 is 5.08. The summed E-state index contributed by atoms with van der Waals surface area (Å²) in [6.07, 6.45) is 0.304. The number of ether oxygens (including phenoxy) is 1. The van der Waals surface area contributed by atoms with Crippen LogP contribution in [0.5, 0.6) is 0 Å². The zero-order chi connectivity index (χ0) is 15.2. The van der Waals surface area contributed by atoms with Crippen LogP contribution >= 0.6 is 0 Å². The van der Waals surface area contributed by atoms with Gasteiger partial charge in [-0.25, -0.2) is 9.59 Å². The van der Waals surface area contributed by atoms with Crippen molar-refractivity contribution >= 4 is 17.7 Å². The van der Waals surface area contributed by atoms with Crippen LogP contribution in [0.25, 0.3) is 0 Å². The number of hydrogen-bond acceptors (Lipinski definition) is 4. The maximum absolute atomic E-state index is 12.1. The van der Waals surface area contributed by atoms with E-state index < -0.39 is 18.0 Å². The normalized spacial score (nSPS) is 17.9. The predicted molar refractivity (Wildman–Crippen MR) is 73.7 cm³/mol. The van der Waals surface area contributed by atoms with E-state index in [2.05, 4.69) is 5.32 Å². The third-order valence-corrected chi connectivity index (χ3v) is 3.16. The number of hydrogen-bond donors (Lipinski definition) is 2. The third-order valence-electron chi connectivity index (χ3n) is 3.16. The molecule has 0 aliphatic carbocycles. The molecule has 1 aliphatic heterocycles. The minimum absolute atomic E-state index is 0.0101. The maximum Gasteiger partial charge on any atom is 0.328 e. The van der Waals surface area contributed by atoms with Gasteiger partial charge in [0.05, 0.1) is 25.7 Å². The number of nitrogens with zero attached hydrogens (tertiary/aromatic N) is 2. The average Bonchev–Trinajstić information content (AvgIpc) is 2.49. The number of benzene rings is 1. The molecule has 1 saturated heterocycles. The lowest BCUT2D eigenvalue weighted by Crippen LogP contribution is -2.53. The van der Waals surface area contributed by atoms with Crippen molar-refractivity contribution in [2.24, 2.45) is 0 Å². The van der Waals surface area contributed by atoms with Gasteiger partial charge >= 0.3 is 12.0 Å². The number of carboxylic acid groups (broad SMARTS) is 1. The summed E-state index contributed by atoms with van der Waals surface area (Å²) in [7, 11) is 0. The smallest absolute Gasteiger partial charge is 0.328 e. The van der Waals surface area contributed by atoms with E-state index in [1.54, 1.807) is 24.3 Å². The van der Waals surface area contributed by atoms with Gasteiger partial charge in [-0.2, -0.15) is 5.26 Å². The Morgan fingerprint density at radius 1 is 1.43 bits per heavy atom. The first-order valence-electron chi connectivity index (χ1n) is 6.46. The number of carboxylic acids is 1. The second kappa shape index (κ2) is 6.72. The molecule has 0 bridgehead atoms. The van der Waals surface area contributed by atoms with Crippen LogP contribution in [0.1, 0.15) is 5.56 Å². The van der Waals surface area contributed by atoms with Crippen LogP contribution in [-0.4, -0.2) is 47.8 Å². The first-order valence-corrected chi connectivity index (χ1v) is 6.46. The van der Waals surface area contributed by atoms with Gasteiger partial charge in [0.1, 0.15) is 0 Å². The van der Waals surface area contributed by atoms with Gasteiger partial charge in [0.15, 0.2) is 6.04 Å². The number of urea groups is 1. The van der Waals surface area contributed by atoms with Crippen LogP contribution in [0.2, 0.25) is 0 Å². The standard InChI is InChI=1S/C14H15N3O4/c15-6-5-10-1-3-11(4-2-10)16-14(20)17-7-8-21-9-12(17)13(18)19/h1-4,12H,5,7-9H2,(H,16,20)(H,18,19). The summed E-state index contributed by atoms with van der Waals surface area (Å²) in [4.78, 5) is 24.5. The number of rotatable bonds is 3. The Bertz CT molecular complexity index is 565. The summed E-state index contributed by atoms with van der Waals surface area (Å²) >= 11 is 0. The minimum atomic E-state index is -1.09. The summed E-state index contributed by atoms with van der Waals surface area (Å²) in [6.45, 7) is 0.539. The fourth-order valence-electron chi connectivity index (χ4n) is 2.04. The maximum atomic E-state index is 12.1. The molecule has 7 heteroatoms. The molecule has 1 aromatic rings. The van der Waals surface area contributed by atoms with E-state index in [9.17, 15) is 9.59 Å². The van der Waals surface area contributed by atoms with E-state index in [0.29, 0.717) is 18.7 Å². The Balaban J connectivity index is 2.02. The molecule has 1 aromatic carbocycles. The lowest BCUT2D eigenvalue weighted by molar-refractivity contribution is -0.147. The zero-order valence-corrected chi connectivity index (χ0v) is 11.3. The van der Waals surface area contributed by atoms with Crippen LogP contribution in [0.4, 0.5) is 10.5 Å². The lowest BCUT2D eigenvalue weighted by Gasteiger charge is -2.32. The van der Waals surface area contributed by atoms with Crippen molar-refractivity contribution in [3.05, 3.63) is 29.8 Å². The molecule has 1 fully saturated rings. The molecule has 2 amide bonds. The Morgan fingerprint density at radius 3 is 2.76 bits per heavy atom. The van der Waals surface area contributed by atoms with Crippen molar-refractivity contribution in [3.8, 4) is 6.07 Å². The molecule has 2 rings (SSSR count). The van der Waals surface area contributed by atoms with Crippen LogP contribution in [-0.2, 0) is 16.0 Å². The van der Waals surface area contributed by atoms with Crippen LogP contribution < -0.4 is 5.32 Å². The molecule has 1 atom stereocenters. The van der Waals surface area contributed by atoms with Crippen molar-refractivity contribution < 1.29 is 19.4 Å². The predicted octanol–water partition coefficient (Wildman–Crippen LogP) is 1.07. The fraction of sp³-hybridized carbons (Fsp3) is 0.357. The molecule has 1 heterocycles. The van der Waals surface area contributed by atoms with Gasteiger partial charge in [0, 0.05) is 12.2 Å². The highest BCUT2D eigenvalue weighted by Crippen LogP contribution is 2.13. The van der Waals surface area contributed by atoms with Crippen LogP contribution in [0.3, 0.4) is 0 Å². The SMILES string of the molecule is N#CCc1ccc(NC(=O)N2CCOCC2C(=O)O)cc1. The molecule has 0 spiro atoms. The second-order valence-corrected chi connectivity index (χ2v) is 4.58. The number of aliphatic carboxylic acids is 1. The first-order chi connectivity index (χ1) is 10.1. The number of nitrogens with one attached hydrogen (secondary N) is 1. The number of amides is 2. The molecule has 2 N–H and O–H groups in total. The number of carbonyl (C=O) groups excluding carboxylic acids is 1. The number of morpholine rings is 1. The van der Waals surface area contributed by atoms with Gasteiger partial charge in [-0.3, -0.25) is 0 Å². The Hall–Kier alpha value is -2.59. The largest absolute Gasteiger partial charge is 0.480 e. The van der Waals surface area contributed by atoms with Gasteiger partial charge < -0.3 is 20.1 Å². The van der Waals surface area contributed by atoms with Crippen molar-refractivity contribution in [3.63, 3.8) is 0 Å². The Labute approximate surface area is 121 Å². The summed E-state index contributed by atoms with van der Waals surface area (Å²) in [6, 6.07) is 7.44. The molecule has 0 aromatic heterocycles. The van der Waals surface area contributed by atoms with Crippen LogP contribution in [0, 0.1) is 11.3 Å². The number of nitriles is 1. The molecule has 7 nitrogen and oxygen atoms in total. The molecule has 110 valence electrons. The third kappa shape index (κ3) is 3.70. The van der Waals surface area contributed by atoms with Gasteiger partial charge in [-0.05, 0) is 17.7 Å². The first kappa shape index (κ1) is 14.8. The molecule has 21 heavy (non-hydrogen) atoms. The molecule has 1 aliphatic rings. The molecule has 0 radical (unpaired) electrons. The van der Waals surface area contributed by atoms with Crippen molar-refractivity contribution in [2.75, 3.05) is 25.1 Å². The van der Waals surface area contributed by atoms with Gasteiger partial charge in [-0.15, -0.1) is 0 Å². The molecular weight excluding hydrogens is 274 g/mol. The van der Waals surface area contributed by atoms with Crippen molar-refractivity contribution in [2.45, 2.75) is 12.5 Å². The van der Waals surface area contributed by atoms with Gasteiger partial charge in [0.2, 0.25) is 0 Å². The monoisotopic (exact) mass is 289 g/mol. The average molecular weight is 289 g/mol. The van der Waals surface area contributed by atoms with E-state index in [0.717, 1.165) is 5.56 Å². The fourth-order valence-corrected chi connectivity index (χ4v) is 2.04. The van der Waals surface area contributed by atoms with E-state index in [-0.39, 0.29) is 13.2 Å². The van der Waals surface area contributed by atoms with Crippen molar-refractivity contribution in [1.29, 1.82) is 5.26 Å². The topological polar surface area (TPSA) is 103 Å². The highest BCUT2D eigenvalue weighted by Gasteiger charge is 2.32. The second-order valence-electron chi connectivity index (χ2n) is 4.58. The quantitative estimate of drug-likeness (QED) is 0.866. The van der Waals surface area contributed by atoms with E-state index in [1.807, 2.05) is 6.07 Å². The summed E-state index contributed by atoms with van der Waals surface area (Å²) in [5.41, 5.74) is 1.41. The van der Waals surface area contributed by atoms with E-state index >= 15 is 0 Å². The van der Waals surface area contributed by atoms with Gasteiger partial charge in [0.25, 0.3) is 0 Å². The molecular formula is C14H15N3O4. The molecule has 1 unspecified atom stereocenters. The Kier molecular flexibility index (Phi) is 4.74. The molecule has 0 saturated carbocycles.